The van der Waals surface area contributed by atoms with Crippen molar-refractivity contribution in [3.05, 3.63) is 64.3 Å². The van der Waals surface area contributed by atoms with Crippen LogP contribution >= 0.6 is 15.9 Å². The number of nitrogens with one attached hydrogen (secondary N) is 2. The first-order valence-corrected chi connectivity index (χ1v) is 8.66. The fourth-order valence-corrected chi connectivity index (χ4v) is 3.52. The third-order valence-corrected chi connectivity index (χ3v) is 5.12. The van der Waals surface area contributed by atoms with Gasteiger partial charge in [-0.15, -0.1) is 0 Å². The van der Waals surface area contributed by atoms with E-state index in [1.807, 2.05) is 0 Å². The summed E-state index contributed by atoms with van der Waals surface area (Å²) >= 11 is 3.31. The molecule has 0 bridgehead atoms. The topological polar surface area (TPSA) is 83.4 Å². The number of aromatic hydroxyl groups is 1. The summed E-state index contributed by atoms with van der Waals surface area (Å²) in [5.41, 5.74) is -0.995. The number of benzene rings is 2. The van der Waals surface area contributed by atoms with Crippen molar-refractivity contribution < 1.29 is 23.5 Å². The summed E-state index contributed by atoms with van der Waals surface area (Å²) < 4.78 is 29.1. The van der Waals surface area contributed by atoms with Gasteiger partial charge in [-0.25, -0.2) is 13.6 Å². The zero-order chi connectivity index (χ0) is 19.3. The van der Waals surface area contributed by atoms with Gasteiger partial charge in [-0.3, -0.25) is 10.1 Å². The summed E-state index contributed by atoms with van der Waals surface area (Å²) in [6.07, 6.45) is 1.39. The number of hydrogen-bond donors (Lipinski definition) is 3. The van der Waals surface area contributed by atoms with Gasteiger partial charge in [0, 0.05) is 21.4 Å². The fourth-order valence-electron chi connectivity index (χ4n) is 3.25. The Hall–Kier alpha value is -2.94. The molecule has 1 unspecified atom stereocenters. The molecule has 2 heterocycles. The van der Waals surface area contributed by atoms with Crippen LogP contribution < -0.4 is 10.6 Å². The van der Waals surface area contributed by atoms with Gasteiger partial charge in [-0.05, 0) is 29.8 Å². The predicted octanol–water partition coefficient (Wildman–Crippen LogP) is 3.12. The Kier molecular flexibility index (Phi) is 3.92. The van der Waals surface area contributed by atoms with E-state index in [0.717, 1.165) is 16.6 Å². The first-order valence-electron chi connectivity index (χ1n) is 7.87. The van der Waals surface area contributed by atoms with Crippen molar-refractivity contribution in [1.29, 1.82) is 0 Å². The fraction of sp³-hybridized carbons (Fsp3) is 0.111. The molecule has 138 valence electrons. The molecule has 9 heteroatoms. The van der Waals surface area contributed by atoms with Crippen LogP contribution in [0.2, 0.25) is 0 Å². The first kappa shape index (κ1) is 17.5. The van der Waals surface area contributed by atoms with Crippen LogP contribution in [0, 0.1) is 11.6 Å². The minimum Gasteiger partial charge on any atom is -0.494 e. The Bertz CT molecular complexity index is 1100. The molecule has 2 aromatic carbocycles. The highest BCUT2D eigenvalue weighted by molar-refractivity contribution is 9.10. The minimum absolute atomic E-state index is 0.101. The summed E-state index contributed by atoms with van der Waals surface area (Å²) in [5, 5.41) is 15.6. The van der Waals surface area contributed by atoms with E-state index in [0.29, 0.717) is 5.56 Å². The Morgan fingerprint density at radius 1 is 1.11 bits per heavy atom. The molecule has 27 heavy (non-hydrogen) atoms. The molecule has 0 spiro atoms. The average Bonchev–Trinajstić information content (AvgIpc) is 3.06. The number of nitrogens with zero attached hydrogens (tertiary/aromatic N) is 1. The van der Waals surface area contributed by atoms with Crippen LogP contribution in [0.3, 0.4) is 0 Å². The third kappa shape index (κ3) is 2.74. The number of imide groups is 1. The maximum absolute atomic E-state index is 13.5. The highest BCUT2D eigenvalue weighted by atomic mass is 79.9. The van der Waals surface area contributed by atoms with Gasteiger partial charge >= 0.3 is 6.03 Å². The van der Waals surface area contributed by atoms with Crippen LogP contribution in [0.5, 0.6) is 5.88 Å². The summed E-state index contributed by atoms with van der Waals surface area (Å²) in [4.78, 5) is 24.4. The SMILES string of the molecule is O=C1NC(=O)C(Cn2cc3cc(F)c(F)cc3c2O)(c2ccc(Br)cc2)N1. The van der Waals surface area contributed by atoms with Crippen molar-refractivity contribution in [1.82, 2.24) is 15.2 Å². The highest BCUT2D eigenvalue weighted by Gasteiger charge is 2.48. The van der Waals surface area contributed by atoms with E-state index in [2.05, 4.69) is 26.6 Å². The molecule has 0 aliphatic carbocycles. The lowest BCUT2D eigenvalue weighted by Crippen LogP contribution is -2.47. The van der Waals surface area contributed by atoms with Gasteiger partial charge in [0.05, 0.1) is 6.54 Å². The average molecular weight is 436 g/mol. The quantitative estimate of drug-likeness (QED) is 0.552. The molecule has 0 radical (unpaired) electrons. The lowest BCUT2D eigenvalue weighted by Gasteiger charge is -2.27. The molecule has 1 aromatic heterocycles. The maximum Gasteiger partial charge on any atom is 0.322 e. The Balaban J connectivity index is 1.85. The minimum atomic E-state index is -1.48. The molecule has 4 rings (SSSR count). The van der Waals surface area contributed by atoms with Crippen molar-refractivity contribution in [2.45, 2.75) is 12.1 Å². The van der Waals surface area contributed by atoms with Crippen molar-refractivity contribution >= 4 is 38.6 Å². The summed E-state index contributed by atoms with van der Waals surface area (Å²) in [5.74, 6) is -3.07. The van der Waals surface area contributed by atoms with Crippen LogP contribution in [0.25, 0.3) is 10.8 Å². The van der Waals surface area contributed by atoms with Gasteiger partial charge in [0.1, 0.15) is 0 Å². The second-order valence-electron chi connectivity index (χ2n) is 6.25. The number of aromatic nitrogens is 1. The second-order valence-corrected chi connectivity index (χ2v) is 7.17. The molecule has 0 saturated carbocycles. The van der Waals surface area contributed by atoms with Gasteiger partial charge in [0.15, 0.2) is 23.1 Å². The standard InChI is InChI=1S/C18H12BrF2N3O3/c19-11-3-1-10(2-4-11)18(16(26)22-17(27)23-18)8-24-7-9-5-13(20)14(21)6-12(9)15(24)25/h1-7,25H,8H2,(H2,22,23,26,27). The van der Waals surface area contributed by atoms with E-state index in [1.165, 1.54) is 10.8 Å². The Morgan fingerprint density at radius 2 is 1.78 bits per heavy atom. The van der Waals surface area contributed by atoms with E-state index in [4.69, 9.17) is 0 Å². The molecule has 1 atom stereocenters. The molecule has 3 aromatic rings. The lowest BCUT2D eigenvalue weighted by atomic mass is 9.90. The molecule has 3 N–H and O–H groups in total. The molecule has 1 fully saturated rings. The van der Waals surface area contributed by atoms with Crippen LogP contribution in [0.1, 0.15) is 5.56 Å². The van der Waals surface area contributed by atoms with Gasteiger partial charge in [-0.1, -0.05) is 28.1 Å². The van der Waals surface area contributed by atoms with Crippen LogP contribution in [0.15, 0.2) is 47.1 Å². The monoisotopic (exact) mass is 435 g/mol. The van der Waals surface area contributed by atoms with Crippen LogP contribution in [-0.2, 0) is 16.9 Å². The van der Waals surface area contributed by atoms with Gasteiger partial charge in [-0.2, -0.15) is 0 Å². The zero-order valence-corrected chi connectivity index (χ0v) is 15.2. The second kappa shape index (κ2) is 6.05. The number of rotatable bonds is 3. The van der Waals surface area contributed by atoms with E-state index in [1.54, 1.807) is 24.3 Å². The number of carbonyl (C=O) groups excluding carboxylic acids is 2. The Morgan fingerprint density at radius 3 is 2.41 bits per heavy atom. The summed E-state index contributed by atoms with van der Waals surface area (Å²) in [6, 6.07) is 7.92. The molecular weight excluding hydrogens is 424 g/mol. The van der Waals surface area contributed by atoms with E-state index < -0.39 is 29.1 Å². The van der Waals surface area contributed by atoms with Crippen LogP contribution in [-0.4, -0.2) is 21.6 Å². The van der Waals surface area contributed by atoms with Crippen molar-refractivity contribution in [2.24, 2.45) is 0 Å². The number of halogens is 3. The van der Waals surface area contributed by atoms with Crippen molar-refractivity contribution in [3.8, 4) is 5.88 Å². The molecule has 6 nitrogen and oxygen atoms in total. The normalized spacial score (nSPS) is 19.4. The van der Waals surface area contributed by atoms with E-state index in [9.17, 15) is 23.5 Å². The van der Waals surface area contributed by atoms with Gasteiger partial charge in [0.25, 0.3) is 5.91 Å². The number of amides is 3. The van der Waals surface area contributed by atoms with Crippen molar-refractivity contribution in [2.75, 3.05) is 0 Å². The Labute approximate surface area is 159 Å². The maximum atomic E-state index is 13.5. The molecular formula is C18H12BrF2N3O3. The summed E-state index contributed by atoms with van der Waals surface area (Å²) in [7, 11) is 0. The molecule has 1 aliphatic heterocycles. The number of hydrogen-bond acceptors (Lipinski definition) is 3. The molecule has 3 amide bonds. The largest absolute Gasteiger partial charge is 0.494 e. The zero-order valence-electron chi connectivity index (χ0n) is 13.6. The summed E-state index contributed by atoms with van der Waals surface area (Å²) in [6.45, 7) is -0.171. The van der Waals surface area contributed by atoms with Crippen molar-refractivity contribution in [3.63, 3.8) is 0 Å². The number of carbonyl (C=O) groups is 2. The first-order chi connectivity index (χ1) is 12.8. The predicted molar refractivity (Wildman–Crippen MR) is 96.0 cm³/mol. The molecule has 1 aliphatic rings. The molecule has 1 saturated heterocycles. The van der Waals surface area contributed by atoms with Gasteiger partial charge < -0.3 is 15.0 Å². The highest BCUT2D eigenvalue weighted by Crippen LogP contribution is 2.34. The third-order valence-electron chi connectivity index (χ3n) is 4.59. The number of fused-ring (bicyclic) bond motifs is 1. The number of urea groups is 1. The van der Waals surface area contributed by atoms with Crippen LogP contribution in [0.4, 0.5) is 13.6 Å². The smallest absolute Gasteiger partial charge is 0.322 e. The lowest BCUT2D eigenvalue weighted by molar-refractivity contribution is -0.124. The van der Waals surface area contributed by atoms with E-state index in [-0.39, 0.29) is 23.2 Å². The van der Waals surface area contributed by atoms with Gasteiger partial charge in [0.2, 0.25) is 0 Å². The van der Waals surface area contributed by atoms with E-state index >= 15 is 0 Å².